The largest absolute Gasteiger partial charge is 0.480 e. The van der Waals surface area contributed by atoms with Gasteiger partial charge in [0, 0.05) is 25.4 Å². The van der Waals surface area contributed by atoms with Crippen molar-refractivity contribution in [1.29, 1.82) is 0 Å². The molecule has 0 aliphatic heterocycles. The van der Waals surface area contributed by atoms with E-state index < -0.39 is 6.10 Å². The zero-order chi connectivity index (χ0) is 18.9. The molecule has 26 heavy (non-hydrogen) atoms. The zero-order valence-corrected chi connectivity index (χ0v) is 16.7. The average molecular weight is 423 g/mol. The number of ether oxygens (including phenoxy) is 3. The molecule has 0 radical (unpaired) electrons. The lowest BCUT2D eigenvalue weighted by atomic mass is 10.2. The molecule has 1 heterocycles. The van der Waals surface area contributed by atoms with Crippen LogP contribution < -0.4 is 14.8 Å². The van der Waals surface area contributed by atoms with E-state index in [0.717, 1.165) is 15.6 Å². The van der Waals surface area contributed by atoms with Crippen LogP contribution in [-0.2, 0) is 16.1 Å². The van der Waals surface area contributed by atoms with Gasteiger partial charge in [-0.2, -0.15) is 0 Å². The molecule has 0 spiro atoms. The molecule has 140 valence electrons. The van der Waals surface area contributed by atoms with Gasteiger partial charge in [-0.3, -0.25) is 4.79 Å². The van der Waals surface area contributed by atoms with Gasteiger partial charge in [-0.15, -0.1) is 0 Å². The summed E-state index contributed by atoms with van der Waals surface area (Å²) in [4.78, 5) is 16.5. The van der Waals surface area contributed by atoms with Crippen LogP contribution in [0.5, 0.6) is 11.6 Å². The topological polar surface area (TPSA) is 69.7 Å². The molecule has 7 heteroatoms. The van der Waals surface area contributed by atoms with E-state index >= 15 is 0 Å². The Morgan fingerprint density at radius 1 is 1.31 bits per heavy atom. The summed E-state index contributed by atoms with van der Waals surface area (Å²) < 4.78 is 17.1. The average Bonchev–Trinajstić information content (AvgIpc) is 2.63. The second-order valence-electron chi connectivity index (χ2n) is 5.72. The van der Waals surface area contributed by atoms with Gasteiger partial charge in [-0.05, 0) is 53.5 Å². The van der Waals surface area contributed by atoms with Crippen LogP contribution in [0.2, 0.25) is 0 Å². The first-order valence-electron chi connectivity index (χ1n) is 8.27. The third-order valence-corrected chi connectivity index (χ3v) is 4.21. The molecule has 1 aromatic carbocycles. The molecule has 1 atom stereocenters. The molecule has 1 N–H and O–H groups in total. The molecule has 0 aliphatic rings. The summed E-state index contributed by atoms with van der Waals surface area (Å²) in [5, 5.41) is 2.85. The first-order valence-corrected chi connectivity index (χ1v) is 9.06. The van der Waals surface area contributed by atoms with Crippen LogP contribution in [-0.4, -0.2) is 37.3 Å². The van der Waals surface area contributed by atoms with E-state index in [1.807, 2.05) is 31.2 Å². The number of hydrogen-bond acceptors (Lipinski definition) is 5. The van der Waals surface area contributed by atoms with Crippen molar-refractivity contribution in [2.75, 3.05) is 20.3 Å². The number of halogens is 1. The molecule has 2 rings (SSSR count). The molecule has 6 nitrogen and oxygen atoms in total. The lowest BCUT2D eigenvalue weighted by molar-refractivity contribution is -0.127. The lowest BCUT2D eigenvalue weighted by Gasteiger charge is -2.16. The number of carbonyl (C=O) groups is 1. The minimum atomic E-state index is -0.636. The number of amides is 1. The number of nitrogens with one attached hydrogen (secondary N) is 1. The second-order valence-corrected chi connectivity index (χ2v) is 6.58. The van der Waals surface area contributed by atoms with Gasteiger partial charge < -0.3 is 19.5 Å². The third-order valence-electron chi connectivity index (χ3n) is 3.59. The predicted molar refractivity (Wildman–Crippen MR) is 102 cm³/mol. The van der Waals surface area contributed by atoms with E-state index in [1.54, 1.807) is 26.3 Å². The van der Waals surface area contributed by atoms with Crippen molar-refractivity contribution in [2.45, 2.75) is 26.5 Å². The number of aromatic nitrogens is 1. The van der Waals surface area contributed by atoms with E-state index in [-0.39, 0.29) is 5.91 Å². The number of benzene rings is 1. The highest BCUT2D eigenvalue weighted by molar-refractivity contribution is 9.10. The molecule has 0 saturated heterocycles. The second kappa shape index (κ2) is 10.1. The summed E-state index contributed by atoms with van der Waals surface area (Å²) >= 11 is 3.45. The minimum absolute atomic E-state index is 0.218. The zero-order valence-electron chi connectivity index (χ0n) is 15.1. The Hall–Kier alpha value is -2.12. The van der Waals surface area contributed by atoms with Gasteiger partial charge in [-0.1, -0.05) is 12.1 Å². The van der Waals surface area contributed by atoms with E-state index in [0.29, 0.717) is 31.4 Å². The first kappa shape index (κ1) is 20.2. The number of methoxy groups -OCH3 is 1. The van der Waals surface area contributed by atoms with Crippen LogP contribution in [0.25, 0.3) is 0 Å². The smallest absolute Gasteiger partial charge is 0.261 e. The van der Waals surface area contributed by atoms with Crippen molar-refractivity contribution in [3.63, 3.8) is 0 Å². The number of hydrogen-bond donors (Lipinski definition) is 1. The van der Waals surface area contributed by atoms with Gasteiger partial charge in [0.15, 0.2) is 6.10 Å². The van der Waals surface area contributed by atoms with Gasteiger partial charge in [-0.25, -0.2) is 4.98 Å². The molecule has 0 aliphatic carbocycles. The quantitative estimate of drug-likeness (QED) is 0.627. The summed E-state index contributed by atoms with van der Waals surface area (Å²) in [7, 11) is 1.61. The maximum Gasteiger partial charge on any atom is 0.261 e. The van der Waals surface area contributed by atoms with Gasteiger partial charge in [0.05, 0.1) is 11.1 Å². The fraction of sp³-hybridized carbons (Fsp3) is 0.368. The van der Waals surface area contributed by atoms with Crippen LogP contribution >= 0.6 is 15.9 Å². The van der Waals surface area contributed by atoms with E-state index in [9.17, 15) is 4.79 Å². The summed E-state index contributed by atoms with van der Waals surface area (Å²) in [5.41, 5.74) is 1.90. The van der Waals surface area contributed by atoms with Crippen molar-refractivity contribution in [3.05, 3.63) is 52.1 Å². The molecular formula is C19H23BrN2O4. The monoisotopic (exact) mass is 422 g/mol. The van der Waals surface area contributed by atoms with Crippen molar-refractivity contribution < 1.29 is 19.0 Å². The summed E-state index contributed by atoms with van der Waals surface area (Å²) in [6, 6.07) is 9.38. The fourth-order valence-electron chi connectivity index (χ4n) is 2.18. The number of rotatable bonds is 9. The van der Waals surface area contributed by atoms with Crippen molar-refractivity contribution in [2.24, 2.45) is 0 Å². The highest BCUT2D eigenvalue weighted by Gasteiger charge is 2.16. The standard InChI is InChI=1S/C19H23BrN2O4/c1-13-6-7-17(16(20)11-13)26-14(2)18(23)22-12-15-5-4-8-21-19(15)25-10-9-24-3/h4-8,11,14H,9-10,12H2,1-3H3,(H,22,23). The highest BCUT2D eigenvalue weighted by Crippen LogP contribution is 2.26. The predicted octanol–water partition coefficient (Wildman–Crippen LogP) is 3.26. The molecule has 0 fully saturated rings. The Balaban J connectivity index is 1.91. The Labute approximate surface area is 162 Å². The molecular weight excluding hydrogens is 400 g/mol. The normalized spacial score (nSPS) is 11.7. The Kier molecular flexibility index (Phi) is 7.87. The molecule has 1 unspecified atom stereocenters. The number of aryl methyl sites for hydroxylation is 1. The van der Waals surface area contributed by atoms with E-state index in [1.165, 1.54) is 0 Å². The van der Waals surface area contributed by atoms with E-state index in [4.69, 9.17) is 14.2 Å². The maximum absolute atomic E-state index is 12.3. The fourth-order valence-corrected chi connectivity index (χ4v) is 2.77. The Bertz CT molecular complexity index is 739. The Morgan fingerprint density at radius 3 is 2.85 bits per heavy atom. The highest BCUT2D eigenvalue weighted by atomic mass is 79.9. The van der Waals surface area contributed by atoms with Gasteiger partial charge in [0.1, 0.15) is 12.4 Å². The van der Waals surface area contributed by atoms with Crippen molar-refractivity contribution in [1.82, 2.24) is 10.3 Å². The van der Waals surface area contributed by atoms with Gasteiger partial charge in [0.2, 0.25) is 5.88 Å². The van der Waals surface area contributed by atoms with Crippen LogP contribution in [0.3, 0.4) is 0 Å². The molecule has 1 amide bonds. The SMILES string of the molecule is COCCOc1ncccc1CNC(=O)C(C)Oc1ccc(C)cc1Br. The number of carbonyl (C=O) groups excluding carboxylic acids is 1. The van der Waals surface area contributed by atoms with Crippen molar-refractivity contribution >= 4 is 21.8 Å². The van der Waals surface area contributed by atoms with Gasteiger partial charge >= 0.3 is 0 Å². The third kappa shape index (κ3) is 6.00. The minimum Gasteiger partial charge on any atom is -0.480 e. The van der Waals surface area contributed by atoms with Crippen molar-refractivity contribution in [3.8, 4) is 11.6 Å². The lowest BCUT2D eigenvalue weighted by Crippen LogP contribution is -2.36. The Morgan fingerprint density at radius 2 is 2.12 bits per heavy atom. The number of nitrogens with zero attached hydrogens (tertiary/aromatic N) is 1. The van der Waals surface area contributed by atoms with Gasteiger partial charge in [0.25, 0.3) is 5.91 Å². The van der Waals surface area contributed by atoms with Crippen LogP contribution in [0.15, 0.2) is 41.0 Å². The summed E-state index contributed by atoms with van der Waals surface area (Å²) in [6.45, 7) is 4.87. The number of pyridine rings is 1. The molecule has 2 aromatic rings. The summed E-state index contributed by atoms with van der Waals surface area (Å²) in [5.74, 6) is 0.895. The van der Waals surface area contributed by atoms with Crippen LogP contribution in [0, 0.1) is 6.92 Å². The summed E-state index contributed by atoms with van der Waals surface area (Å²) in [6.07, 6.45) is 1.01. The first-order chi connectivity index (χ1) is 12.5. The maximum atomic E-state index is 12.3. The van der Waals surface area contributed by atoms with Crippen LogP contribution in [0.1, 0.15) is 18.1 Å². The molecule has 0 bridgehead atoms. The molecule has 0 saturated carbocycles. The van der Waals surface area contributed by atoms with E-state index in [2.05, 4.69) is 26.2 Å². The van der Waals surface area contributed by atoms with Crippen LogP contribution in [0.4, 0.5) is 0 Å². The molecule has 1 aromatic heterocycles.